The Balaban J connectivity index is 1.96. The standard InChI is InChI=1S/C14H21NO2S/c1-3-8-17-12-5-4-7-15(10-12)14(16)13-11(2)6-9-18-13/h6,9,12H,3-5,7-8,10H2,1-2H3/t12-/m0/s1. The number of ether oxygens (including phenoxy) is 1. The summed E-state index contributed by atoms with van der Waals surface area (Å²) in [6.45, 7) is 6.52. The van der Waals surface area contributed by atoms with Gasteiger partial charge in [-0.2, -0.15) is 0 Å². The molecule has 1 aliphatic heterocycles. The first-order chi connectivity index (χ1) is 8.72. The van der Waals surface area contributed by atoms with Crippen LogP contribution in [-0.2, 0) is 4.74 Å². The molecular weight excluding hydrogens is 246 g/mol. The van der Waals surface area contributed by atoms with Gasteiger partial charge in [0.15, 0.2) is 0 Å². The van der Waals surface area contributed by atoms with Crippen molar-refractivity contribution < 1.29 is 9.53 Å². The van der Waals surface area contributed by atoms with Crippen LogP contribution >= 0.6 is 11.3 Å². The topological polar surface area (TPSA) is 29.5 Å². The number of hydrogen-bond donors (Lipinski definition) is 0. The monoisotopic (exact) mass is 267 g/mol. The third kappa shape index (κ3) is 3.12. The van der Waals surface area contributed by atoms with Gasteiger partial charge in [-0.3, -0.25) is 4.79 Å². The molecule has 0 aliphatic carbocycles. The molecule has 18 heavy (non-hydrogen) atoms. The van der Waals surface area contributed by atoms with Gasteiger partial charge < -0.3 is 9.64 Å². The number of carbonyl (C=O) groups is 1. The molecule has 1 aromatic heterocycles. The van der Waals surface area contributed by atoms with Gasteiger partial charge in [-0.05, 0) is 43.2 Å². The van der Waals surface area contributed by atoms with E-state index in [1.54, 1.807) is 0 Å². The number of rotatable bonds is 4. The third-order valence-electron chi connectivity index (χ3n) is 3.28. The maximum absolute atomic E-state index is 12.4. The molecule has 1 aromatic rings. The normalized spacial score (nSPS) is 20.1. The van der Waals surface area contributed by atoms with Crippen LogP contribution in [0.2, 0.25) is 0 Å². The van der Waals surface area contributed by atoms with Gasteiger partial charge in [0.2, 0.25) is 0 Å². The van der Waals surface area contributed by atoms with Crippen LogP contribution in [-0.4, -0.2) is 36.6 Å². The summed E-state index contributed by atoms with van der Waals surface area (Å²) in [5, 5.41) is 1.98. The minimum Gasteiger partial charge on any atom is -0.376 e. The van der Waals surface area contributed by atoms with Crippen molar-refractivity contribution in [2.24, 2.45) is 0 Å². The highest BCUT2D eigenvalue weighted by Crippen LogP contribution is 2.21. The molecular formula is C14H21NO2S. The molecule has 1 amide bonds. The molecule has 100 valence electrons. The lowest BCUT2D eigenvalue weighted by atomic mass is 10.1. The molecule has 0 unspecified atom stereocenters. The summed E-state index contributed by atoms with van der Waals surface area (Å²) in [5.41, 5.74) is 1.08. The average molecular weight is 267 g/mol. The van der Waals surface area contributed by atoms with Gasteiger partial charge >= 0.3 is 0 Å². The Hall–Kier alpha value is -0.870. The molecule has 0 bridgehead atoms. The van der Waals surface area contributed by atoms with Crippen molar-refractivity contribution in [3.63, 3.8) is 0 Å². The fraction of sp³-hybridized carbons (Fsp3) is 0.643. The first kappa shape index (κ1) is 13.6. The number of amides is 1. The molecule has 3 nitrogen and oxygen atoms in total. The van der Waals surface area contributed by atoms with Crippen molar-refractivity contribution in [1.82, 2.24) is 4.90 Å². The summed E-state index contributed by atoms with van der Waals surface area (Å²) in [4.78, 5) is 15.2. The summed E-state index contributed by atoms with van der Waals surface area (Å²) >= 11 is 1.54. The lowest BCUT2D eigenvalue weighted by Crippen LogP contribution is -2.43. The maximum atomic E-state index is 12.4. The average Bonchev–Trinajstić information content (AvgIpc) is 2.82. The van der Waals surface area contributed by atoms with Crippen LogP contribution in [0.15, 0.2) is 11.4 Å². The second-order valence-corrected chi connectivity index (χ2v) is 5.74. The minimum absolute atomic E-state index is 0.173. The predicted molar refractivity (Wildman–Crippen MR) is 74.2 cm³/mol. The predicted octanol–water partition coefficient (Wildman–Crippen LogP) is 3.09. The zero-order valence-corrected chi connectivity index (χ0v) is 12.0. The van der Waals surface area contributed by atoms with Crippen LogP contribution in [0.25, 0.3) is 0 Å². The Labute approximate surface area is 113 Å². The molecule has 1 saturated heterocycles. The fourth-order valence-corrected chi connectivity index (χ4v) is 3.17. The van der Waals surface area contributed by atoms with E-state index in [-0.39, 0.29) is 12.0 Å². The highest BCUT2D eigenvalue weighted by Gasteiger charge is 2.26. The number of nitrogens with zero attached hydrogens (tertiary/aromatic N) is 1. The van der Waals surface area contributed by atoms with Gasteiger partial charge in [0.05, 0.1) is 11.0 Å². The van der Waals surface area contributed by atoms with E-state index in [4.69, 9.17) is 4.74 Å². The van der Waals surface area contributed by atoms with Crippen LogP contribution in [0, 0.1) is 6.92 Å². The van der Waals surface area contributed by atoms with E-state index in [1.807, 2.05) is 23.3 Å². The summed E-state index contributed by atoms with van der Waals surface area (Å²) in [6.07, 6.45) is 3.38. The molecule has 0 saturated carbocycles. The van der Waals surface area contributed by atoms with E-state index in [0.717, 1.165) is 49.4 Å². The molecule has 1 atom stereocenters. The van der Waals surface area contributed by atoms with E-state index in [1.165, 1.54) is 11.3 Å². The summed E-state index contributed by atoms with van der Waals surface area (Å²) in [5.74, 6) is 0.173. The Morgan fingerprint density at radius 3 is 3.11 bits per heavy atom. The number of likely N-dealkylation sites (tertiary alicyclic amines) is 1. The van der Waals surface area contributed by atoms with Crippen molar-refractivity contribution in [2.45, 2.75) is 39.2 Å². The van der Waals surface area contributed by atoms with Gasteiger partial charge in [-0.15, -0.1) is 11.3 Å². The molecule has 0 aromatic carbocycles. The Morgan fingerprint density at radius 2 is 2.44 bits per heavy atom. The smallest absolute Gasteiger partial charge is 0.264 e. The maximum Gasteiger partial charge on any atom is 0.264 e. The third-order valence-corrected chi connectivity index (χ3v) is 4.28. The second kappa shape index (κ2) is 6.34. The van der Waals surface area contributed by atoms with E-state index in [9.17, 15) is 4.79 Å². The van der Waals surface area contributed by atoms with Gasteiger partial charge in [-0.1, -0.05) is 6.92 Å². The zero-order valence-electron chi connectivity index (χ0n) is 11.1. The number of hydrogen-bond acceptors (Lipinski definition) is 3. The molecule has 2 heterocycles. The van der Waals surface area contributed by atoms with Crippen LogP contribution in [0.3, 0.4) is 0 Å². The molecule has 2 rings (SSSR count). The summed E-state index contributed by atoms with van der Waals surface area (Å²) in [7, 11) is 0. The van der Waals surface area contributed by atoms with Crippen molar-refractivity contribution in [3.8, 4) is 0 Å². The second-order valence-electron chi connectivity index (χ2n) is 4.82. The van der Waals surface area contributed by atoms with Crippen LogP contribution in [0.1, 0.15) is 41.4 Å². The van der Waals surface area contributed by atoms with Gasteiger partial charge in [-0.25, -0.2) is 0 Å². The van der Waals surface area contributed by atoms with Gasteiger partial charge in [0, 0.05) is 19.7 Å². The lowest BCUT2D eigenvalue weighted by Gasteiger charge is -2.32. The largest absolute Gasteiger partial charge is 0.376 e. The van der Waals surface area contributed by atoms with E-state index in [0.29, 0.717) is 0 Å². The zero-order chi connectivity index (χ0) is 13.0. The highest BCUT2D eigenvalue weighted by atomic mass is 32.1. The molecule has 0 radical (unpaired) electrons. The number of carbonyl (C=O) groups excluding carboxylic acids is 1. The molecule has 0 spiro atoms. The Bertz CT molecular complexity index is 402. The summed E-state index contributed by atoms with van der Waals surface area (Å²) in [6, 6.07) is 2.01. The summed E-state index contributed by atoms with van der Waals surface area (Å²) < 4.78 is 5.77. The first-order valence-corrected chi connectivity index (χ1v) is 7.55. The van der Waals surface area contributed by atoms with Crippen molar-refractivity contribution >= 4 is 17.2 Å². The first-order valence-electron chi connectivity index (χ1n) is 6.67. The lowest BCUT2D eigenvalue weighted by molar-refractivity contribution is 0.00225. The Kier molecular flexibility index (Phi) is 4.78. The SMILES string of the molecule is CCCO[C@H]1CCCN(C(=O)c2sccc2C)C1. The number of thiophene rings is 1. The van der Waals surface area contributed by atoms with Crippen molar-refractivity contribution in [1.29, 1.82) is 0 Å². The van der Waals surface area contributed by atoms with Gasteiger partial charge in [0.1, 0.15) is 0 Å². The molecule has 4 heteroatoms. The van der Waals surface area contributed by atoms with Crippen LogP contribution in [0.5, 0.6) is 0 Å². The van der Waals surface area contributed by atoms with Crippen LogP contribution in [0.4, 0.5) is 0 Å². The van der Waals surface area contributed by atoms with E-state index in [2.05, 4.69) is 6.92 Å². The quantitative estimate of drug-likeness (QED) is 0.839. The Morgan fingerprint density at radius 1 is 1.61 bits per heavy atom. The highest BCUT2D eigenvalue weighted by molar-refractivity contribution is 7.12. The van der Waals surface area contributed by atoms with Gasteiger partial charge in [0.25, 0.3) is 5.91 Å². The minimum atomic E-state index is 0.173. The number of piperidine rings is 1. The number of aryl methyl sites for hydroxylation is 1. The van der Waals surface area contributed by atoms with Crippen molar-refractivity contribution in [3.05, 3.63) is 21.9 Å². The fourth-order valence-electron chi connectivity index (χ4n) is 2.28. The van der Waals surface area contributed by atoms with Crippen molar-refractivity contribution in [2.75, 3.05) is 19.7 Å². The van der Waals surface area contributed by atoms with E-state index < -0.39 is 0 Å². The van der Waals surface area contributed by atoms with E-state index >= 15 is 0 Å². The van der Waals surface area contributed by atoms with Crippen LogP contribution < -0.4 is 0 Å². The molecule has 0 N–H and O–H groups in total. The molecule has 1 fully saturated rings. The molecule has 1 aliphatic rings.